The van der Waals surface area contributed by atoms with Gasteiger partial charge in [-0.05, 0) is 67.4 Å². The van der Waals surface area contributed by atoms with Gasteiger partial charge in [0, 0.05) is 28.9 Å². The molecule has 1 N–H and O–H groups in total. The number of hydrogen-bond acceptors (Lipinski definition) is 6. The van der Waals surface area contributed by atoms with Gasteiger partial charge in [0.15, 0.2) is 11.6 Å². The van der Waals surface area contributed by atoms with E-state index in [4.69, 9.17) is 9.62 Å². The number of aromatic nitrogens is 4. The van der Waals surface area contributed by atoms with E-state index in [-0.39, 0.29) is 11.6 Å². The summed E-state index contributed by atoms with van der Waals surface area (Å²) in [5.74, 6) is -1.34. The lowest BCUT2D eigenvalue weighted by Crippen LogP contribution is -2.13. The number of sulfonamides is 1. The molecular formula is C26H19F2N5O3S. The Kier molecular flexibility index (Phi) is 5.56. The maximum Gasteiger partial charge on any atom is 0.261 e. The van der Waals surface area contributed by atoms with Crippen LogP contribution in [0.1, 0.15) is 24.5 Å². The summed E-state index contributed by atoms with van der Waals surface area (Å²) in [7, 11) is -4.16. The quantitative estimate of drug-likeness (QED) is 0.303. The fraction of sp³-hybridized carbons (Fsp3) is 0.115. The van der Waals surface area contributed by atoms with Gasteiger partial charge in [-0.15, -0.1) is 0 Å². The van der Waals surface area contributed by atoms with Crippen LogP contribution in [0.2, 0.25) is 0 Å². The molecule has 1 aliphatic rings. The number of nitrogens with one attached hydrogen (secondary N) is 1. The van der Waals surface area contributed by atoms with Gasteiger partial charge in [-0.3, -0.25) is 4.72 Å². The van der Waals surface area contributed by atoms with Gasteiger partial charge < -0.3 is 4.52 Å². The van der Waals surface area contributed by atoms with Crippen LogP contribution >= 0.6 is 0 Å². The van der Waals surface area contributed by atoms with Crippen molar-refractivity contribution in [3.8, 4) is 28.5 Å². The Hall–Kier alpha value is -4.38. The first-order valence-electron chi connectivity index (χ1n) is 11.4. The smallest absolute Gasteiger partial charge is 0.261 e. The van der Waals surface area contributed by atoms with E-state index >= 15 is 0 Å². The van der Waals surface area contributed by atoms with Crippen LogP contribution in [-0.4, -0.2) is 28.3 Å². The van der Waals surface area contributed by atoms with Crippen LogP contribution in [0, 0.1) is 11.6 Å². The number of hydrogen-bond donors (Lipinski definition) is 1. The van der Waals surface area contributed by atoms with Crippen LogP contribution in [0.4, 0.5) is 14.5 Å². The average Bonchev–Trinajstić information content (AvgIpc) is 3.42. The summed E-state index contributed by atoms with van der Waals surface area (Å²) in [6, 6.07) is 18.3. The maximum atomic E-state index is 13.6. The summed E-state index contributed by atoms with van der Waals surface area (Å²) < 4.78 is 61.7. The minimum Gasteiger partial charge on any atom is -0.334 e. The molecule has 0 bridgehead atoms. The zero-order valence-corrected chi connectivity index (χ0v) is 20.0. The van der Waals surface area contributed by atoms with E-state index in [1.54, 1.807) is 16.8 Å². The highest BCUT2D eigenvalue weighted by Crippen LogP contribution is 2.39. The Morgan fingerprint density at radius 1 is 0.946 bits per heavy atom. The number of benzene rings is 3. The SMILES string of the molecule is O=S(=O)(Nc1cccc(-c2nc(-c3ccccc3-n3ccc(C4CC4)n3)no2)c1)c1ccc(F)c(F)c1. The van der Waals surface area contributed by atoms with Crippen molar-refractivity contribution >= 4 is 15.7 Å². The highest BCUT2D eigenvalue weighted by atomic mass is 32.2. The van der Waals surface area contributed by atoms with Crippen LogP contribution in [0.5, 0.6) is 0 Å². The molecule has 0 saturated heterocycles. The van der Waals surface area contributed by atoms with E-state index in [2.05, 4.69) is 14.9 Å². The third-order valence-electron chi connectivity index (χ3n) is 5.99. The van der Waals surface area contributed by atoms with E-state index in [0.29, 0.717) is 23.4 Å². The lowest BCUT2D eigenvalue weighted by atomic mass is 10.1. The topological polar surface area (TPSA) is 103 Å². The second-order valence-corrected chi connectivity index (χ2v) is 10.3. The van der Waals surface area contributed by atoms with Gasteiger partial charge >= 0.3 is 0 Å². The fourth-order valence-corrected chi connectivity index (χ4v) is 5.02. The molecular weight excluding hydrogens is 500 g/mol. The number of para-hydroxylation sites is 1. The molecule has 11 heteroatoms. The Balaban J connectivity index is 1.28. The van der Waals surface area contributed by atoms with E-state index in [1.807, 2.05) is 36.5 Å². The third-order valence-corrected chi connectivity index (χ3v) is 7.37. The van der Waals surface area contributed by atoms with Crippen LogP contribution in [0.3, 0.4) is 0 Å². The number of anilines is 1. The molecule has 1 fully saturated rings. The van der Waals surface area contributed by atoms with Crippen LogP contribution in [-0.2, 0) is 10.0 Å². The molecule has 0 radical (unpaired) electrons. The molecule has 6 rings (SSSR count). The third kappa shape index (κ3) is 4.60. The average molecular weight is 520 g/mol. The molecule has 0 amide bonds. The molecule has 0 spiro atoms. The highest BCUT2D eigenvalue weighted by Gasteiger charge is 2.26. The van der Waals surface area contributed by atoms with Gasteiger partial charge in [-0.25, -0.2) is 21.9 Å². The number of rotatable bonds is 7. The first-order chi connectivity index (χ1) is 17.9. The summed E-state index contributed by atoms with van der Waals surface area (Å²) >= 11 is 0. The monoisotopic (exact) mass is 519 g/mol. The van der Waals surface area contributed by atoms with E-state index in [1.165, 1.54) is 12.1 Å². The van der Waals surface area contributed by atoms with Crippen molar-refractivity contribution in [2.24, 2.45) is 0 Å². The van der Waals surface area contributed by atoms with Crippen molar-refractivity contribution in [3.05, 3.63) is 96.3 Å². The Bertz CT molecular complexity index is 1730. The van der Waals surface area contributed by atoms with Crippen LogP contribution < -0.4 is 4.72 Å². The van der Waals surface area contributed by atoms with Crippen LogP contribution in [0.25, 0.3) is 28.5 Å². The lowest BCUT2D eigenvalue weighted by molar-refractivity contribution is 0.432. The van der Waals surface area contributed by atoms with E-state index in [9.17, 15) is 17.2 Å². The van der Waals surface area contributed by atoms with Gasteiger partial charge in [0.2, 0.25) is 5.82 Å². The summed E-state index contributed by atoms with van der Waals surface area (Å²) in [5, 5.41) is 8.83. The number of nitrogens with zero attached hydrogens (tertiary/aromatic N) is 4. The van der Waals surface area contributed by atoms with Crippen LogP contribution in [0.15, 0.2) is 88.4 Å². The molecule has 5 aromatic rings. The van der Waals surface area contributed by atoms with Crippen molar-refractivity contribution in [1.82, 2.24) is 19.9 Å². The second-order valence-electron chi connectivity index (χ2n) is 8.66. The molecule has 186 valence electrons. The van der Waals surface area contributed by atoms with Gasteiger partial charge in [-0.2, -0.15) is 10.1 Å². The van der Waals surface area contributed by atoms with Gasteiger partial charge in [0.05, 0.1) is 16.3 Å². The predicted molar refractivity (Wildman–Crippen MR) is 131 cm³/mol. The van der Waals surface area contributed by atoms with Gasteiger partial charge in [-0.1, -0.05) is 23.4 Å². The first-order valence-corrected chi connectivity index (χ1v) is 12.9. The lowest BCUT2D eigenvalue weighted by Gasteiger charge is -2.09. The minimum absolute atomic E-state index is 0.179. The Labute approximate surface area is 210 Å². The first kappa shape index (κ1) is 23.0. The minimum atomic E-state index is -4.16. The largest absolute Gasteiger partial charge is 0.334 e. The predicted octanol–water partition coefficient (Wildman–Crippen LogP) is 5.55. The summed E-state index contributed by atoms with van der Waals surface area (Å²) in [4.78, 5) is 4.12. The Morgan fingerprint density at radius 2 is 1.78 bits per heavy atom. The molecule has 37 heavy (non-hydrogen) atoms. The summed E-state index contributed by atoms with van der Waals surface area (Å²) in [5.41, 5.74) is 3.24. The van der Waals surface area contributed by atoms with Crippen molar-refractivity contribution in [2.45, 2.75) is 23.7 Å². The van der Waals surface area contributed by atoms with Crippen molar-refractivity contribution in [2.75, 3.05) is 4.72 Å². The number of halogens is 2. The molecule has 8 nitrogen and oxygen atoms in total. The van der Waals surface area contributed by atoms with E-state index < -0.39 is 26.6 Å². The molecule has 2 aromatic heterocycles. The highest BCUT2D eigenvalue weighted by molar-refractivity contribution is 7.92. The van der Waals surface area contributed by atoms with E-state index in [0.717, 1.165) is 41.9 Å². The molecule has 1 saturated carbocycles. The van der Waals surface area contributed by atoms with Crippen molar-refractivity contribution < 1.29 is 21.7 Å². The summed E-state index contributed by atoms with van der Waals surface area (Å²) in [6.07, 6.45) is 4.22. The van der Waals surface area contributed by atoms with Gasteiger partial charge in [0.25, 0.3) is 15.9 Å². The molecule has 0 unspecified atom stereocenters. The second kappa shape index (κ2) is 8.93. The molecule has 0 atom stereocenters. The molecule has 1 aliphatic carbocycles. The molecule has 3 aromatic carbocycles. The van der Waals surface area contributed by atoms with Crippen molar-refractivity contribution in [1.29, 1.82) is 0 Å². The normalized spacial score (nSPS) is 13.6. The summed E-state index contributed by atoms with van der Waals surface area (Å²) in [6.45, 7) is 0. The Morgan fingerprint density at radius 3 is 2.59 bits per heavy atom. The maximum absolute atomic E-state index is 13.6. The molecule has 2 heterocycles. The molecule has 0 aliphatic heterocycles. The van der Waals surface area contributed by atoms with Gasteiger partial charge in [0.1, 0.15) is 0 Å². The zero-order chi connectivity index (χ0) is 25.6. The standard InChI is InChI=1S/C26H19F2N5O3S/c27-21-11-10-19(15-22(21)28)37(34,35)32-18-5-3-4-17(14-18)26-29-25(31-36-26)20-6-1-2-7-24(20)33-13-12-23(30-33)16-8-9-16/h1-7,10-16,32H,8-9H2. The fourth-order valence-electron chi connectivity index (χ4n) is 3.96. The van der Waals surface area contributed by atoms with Crippen molar-refractivity contribution in [3.63, 3.8) is 0 Å². The zero-order valence-electron chi connectivity index (χ0n) is 19.2.